The van der Waals surface area contributed by atoms with Crippen LogP contribution in [0.5, 0.6) is 0 Å². The second-order valence-corrected chi connectivity index (χ2v) is 30.5. The van der Waals surface area contributed by atoms with Gasteiger partial charge in [-0.15, -0.1) is 0 Å². The quantitative estimate of drug-likeness (QED) is 0.0966. The van der Waals surface area contributed by atoms with Gasteiger partial charge in [0.1, 0.15) is 54.6 Å². The Hall–Kier alpha value is -6.91. The molecule has 102 heavy (non-hydrogen) atoms. The number of hydrogen-bond donors (Lipinski definition) is 7. The summed E-state index contributed by atoms with van der Waals surface area (Å²) in [7, 11) is 8.50. The first-order valence-electron chi connectivity index (χ1n) is 37.1. The van der Waals surface area contributed by atoms with E-state index in [4.69, 9.17) is 0 Å². The molecule has 3 fully saturated rings. The number of amides is 11. The minimum Gasteiger partial charge on any atom is -0.391 e. The molecule has 0 aromatic heterocycles. The van der Waals surface area contributed by atoms with Crippen molar-refractivity contribution in [2.45, 2.75) is 271 Å². The summed E-state index contributed by atoms with van der Waals surface area (Å²) in [5.41, 5.74) is 0.634. The Kier molecular flexibility index (Phi) is 35.1. The molecule has 3 aliphatic rings. The molecule has 0 radical (unpaired) electrons. The number of benzene rings is 1. The van der Waals surface area contributed by atoms with E-state index in [1.165, 1.54) is 80.6 Å². The number of aliphatic hydroxyl groups excluding tert-OH is 2. The molecular formula is C74H125F2N13O13. The largest absolute Gasteiger partial charge is 0.391 e. The van der Waals surface area contributed by atoms with Crippen LogP contribution < -0.4 is 26.6 Å². The van der Waals surface area contributed by atoms with E-state index in [-0.39, 0.29) is 88.0 Å². The Labute approximate surface area is 605 Å². The minimum atomic E-state index is -2.95. The molecule has 0 saturated carbocycles. The van der Waals surface area contributed by atoms with Gasteiger partial charge in [-0.2, -0.15) is 0 Å². The Morgan fingerprint density at radius 2 is 1.12 bits per heavy atom. The van der Waals surface area contributed by atoms with Crippen LogP contribution in [0.15, 0.2) is 30.3 Å². The third kappa shape index (κ3) is 25.5. The number of nitrogens with zero attached hydrogens (tertiary/aromatic N) is 8. The molecule has 13 atom stereocenters. The number of likely N-dealkylation sites (tertiary alicyclic amines) is 1. The van der Waals surface area contributed by atoms with Gasteiger partial charge in [-0.25, -0.2) is 8.78 Å². The van der Waals surface area contributed by atoms with Crippen LogP contribution in [0.4, 0.5) is 8.78 Å². The highest BCUT2D eigenvalue weighted by Crippen LogP contribution is 2.29. The second-order valence-electron chi connectivity index (χ2n) is 30.5. The molecule has 0 bridgehead atoms. The van der Waals surface area contributed by atoms with Gasteiger partial charge in [0, 0.05) is 73.8 Å². The molecule has 578 valence electrons. The van der Waals surface area contributed by atoms with Gasteiger partial charge in [0.05, 0.1) is 37.7 Å². The van der Waals surface area contributed by atoms with Crippen molar-refractivity contribution in [1.82, 2.24) is 65.8 Å². The molecule has 1 aromatic rings. The smallest absolute Gasteiger partial charge is 0.261 e. The summed E-state index contributed by atoms with van der Waals surface area (Å²) in [6.45, 7) is 20.7. The average Bonchev–Trinajstić information content (AvgIpc) is 1.02. The third-order valence-electron chi connectivity index (χ3n) is 20.2. The molecule has 4 rings (SSSR count). The molecule has 11 amide bonds. The first-order valence-corrected chi connectivity index (χ1v) is 37.1. The number of alkyl halides is 2. The van der Waals surface area contributed by atoms with Gasteiger partial charge < -0.3 is 71.1 Å². The van der Waals surface area contributed by atoms with Crippen LogP contribution in [0.2, 0.25) is 0 Å². The summed E-state index contributed by atoms with van der Waals surface area (Å²) in [5.74, 6) is -11.7. The number of unbranched alkanes of at least 4 members (excludes halogenated alkanes) is 1. The van der Waals surface area contributed by atoms with Gasteiger partial charge in [0.15, 0.2) is 0 Å². The van der Waals surface area contributed by atoms with Crippen LogP contribution >= 0.6 is 0 Å². The van der Waals surface area contributed by atoms with E-state index in [0.29, 0.717) is 44.3 Å². The van der Waals surface area contributed by atoms with E-state index in [1.54, 1.807) is 42.2 Å². The lowest BCUT2D eigenvalue weighted by Crippen LogP contribution is -2.62. The van der Waals surface area contributed by atoms with Crippen LogP contribution in [-0.4, -0.2) is 274 Å². The molecule has 1 aromatic carbocycles. The highest BCUT2D eigenvalue weighted by atomic mass is 19.3. The summed E-state index contributed by atoms with van der Waals surface area (Å²) in [6.07, 6.45) is -0.358. The number of piperidine rings is 1. The summed E-state index contributed by atoms with van der Waals surface area (Å²) in [6, 6.07) is -4.98. The van der Waals surface area contributed by atoms with E-state index in [0.717, 1.165) is 16.2 Å². The molecule has 0 aliphatic carbocycles. The van der Waals surface area contributed by atoms with Crippen LogP contribution in [0.3, 0.4) is 0 Å². The van der Waals surface area contributed by atoms with E-state index in [2.05, 4.69) is 26.6 Å². The van der Waals surface area contributed by atoms with Gasteiger partial charge in [0.25, 0.3) is 5.92 Å². The molecule has 1 unspecified atom stereocenters. The van der Waals surface area contributed by atoms with Crippen molar-refractivity contribution in [2.24, 2.45) is 23.7 Å². The lowest BCUT2D eigenvalue weighted by atomic mass is 9.96. The van der Waals surface area contributed by atoms with E-state index < -0.39 is 176 Å². The molecular weight excluding hydrogens is 1320 g/mol. The molecule has 3 aliphatic heterocycles. The fraction of sp³-hybridized carbons (Fsp3) is 0.770. The monoisotopic (exact) mass is 1440 g/mol. The fourth-order valence-corrected chi connectivity index (χ4v) is 13.8. The standard InChI is InChI=1S/C74H125F2N13O13/c1-19-21-33-89-43-62(92)84(15)57(37-46(5)6)65(94)80-55(71(100)88-34-26-23-27-35-88)41-61(91)83(14)56(20-2)64(93)79-54(36-45(3)4)70(99)87(18)60(39-48(9)10)72(101)86(17)59(40-51-29-24-22-25-30-51)66(95)78-53(32-28-31-52-42-74(75,76)44-77-52)69(98)82(13)49(11)68(97)85(16)58(38-47(7)8)67(96)81-63(50(12)90)73(89)102/h22,24-25,29-30,45-50,52-60,63,70,77,90,99H,19-21,23,26-28,31-44H2,1-18H3,(H,78,95)(H,79,93)(H,80,94)(H,81,96)/t49-,50+,52+,53-,54-,55-,56-,57-,58-,59-,60-,63-,70?/m0/s1. The number of nitrogens with one attached hydrogen (secondary N) is 5. The maximum Gasteiger partial charge on any atom is 0.261 e. The second kappa shape index (κ2) is 41.0. The molecule has 28 heteroatoms. The van der Waals surface area contributed by atoms with Gasteiger partial charge >= 0.3 is 0 Å². The summed E-state index contributed by atoms with van der Waals surface area (Å²) >= 11 is 0. The SMILES string of the molecule is CCCCN1CC(=O)N(C)[C@@H](CC(C)C)C(=O)N[C@H](C(=O)N2CCCCC2)CC(=O)N(C)[C@@H](CC)C(=O)N[C@@H](CC(C)C)C(O)N(C)[C@@H](CC(C)C)C(=O)N(C)[C@@H](Cc2ccccc2)C(=O)N[C@@H](CCC[C@@H]2CC(F)(F)CN2)C(=O)N(C)[C@@H](C)C(=O)N(C)[C@@H](CC(C)C)C(=O)N[C@@H]([C@@H](C)O)C1=O. The molecule has 3 saturated heterocycles. The normalized spacial score (nSPS) is 27.8. The van der Waals surface area contributed by atoms with Crippen LogP contribution in [0, 0.1) is 23.7 Å². The van der Waals surface area contributed by atoms with Gasteiger partial charge in [0.2, 0.25) is 65.0 Å². The third-order valence-corrected chi connectivity index (χ3v) is 20.2. The van der Waals surface area contributed by atoms with Gasteiger partial charge in [-0.3, -0.25) is 57.6 Å². The molecule has 3 heterocycles. The number of rotatable bonds is 20. The number of aliphatic hydroxyl groups is 2. The average molecular weight is 1440 g/mol. The van der Waals surface area contributed by atoms with Crippen molar-refractivity contribution >= 4 is 65.0 Å². The minimum absolute atomic E-state index is 0.0221. The number of hydrogen-bond acceptors (Lipinski definition) is 15. The maximum atomic E-state index is 15.5. The van der Waals surface area contributed by atoms with Crippen molar-refractivity contribution in [1.29, 1.82) is 0 Å². The van der Waals surface area contributed by atoms with Crippen molar-refractivity contribution in [3.8, 4) is 0 Å². The number of carbonyl (C=O) groups excluding carboxylic acids is 11. The number of likely N-dealkylation sites (N-methyl/N-ethyl adjacent to an activating group) is 6. The predicted octanol–water partition coefficient (Wildman–Crippen LogP) is 4.13. The van der Waals surface area contributed by atoms with E-state index in [1.807, 2.05) is 62.3 Å². The van der Waals surface area contributed by atoms with E-state index >= 15 is 14.4 Å². The van der Waals surface area contributed by atoms with Gasteiger partial charge in [-0.1, -0.05) is 106 Å². The Bertz CT molecular complexity index is 2940. The molecule has 0 spiro atoms. The molecule has 7 N–H and O–H groups in total. The topological polar surface area (TPSA) is 314 Å². The van der Waals surface area contributed by atoms with Crippen molar-refractivity contribution < 1.29 is 71.7 Å². The lowest BCUT2D eigenvalue weighted by molar-refractivity contribution is -0.151. The fourth-order valence-electron chi connectivity index (χ4n) is 13.8. The lowest BCUT2D eigenvalue weighted by Gasteiger charge is -2.40. The molecule has 26 nitrogen and oxygen atoms in total. The van der Waals surface area contributed by atoms with Crippen molar-refractivity contribution in [2.75, 3.05) is 75.0 Å². The zero-order valence-electron chi connectivity index (χ0n) is 64.3. The maximum absolute atomic E-state index is 15.5. The Morgan fingerprint density at radius 1 is 0.588 bits per heavy atom. The summed E-state index contributed by atoms with van der Waals surface area (Å²) in [4.78, 5) is 175. The van der Waals surface area contributed by atoms with Gasteiger partial charge in [-0.05, 0) is 127 Å². The highest BCUT2D eigenvalue weighted by molar-refractivity contribution is 5.99. The highest BCUT2D eigenvalue weighted by Gasteiger charge is 2.45. The zero-order valence-corrected chi connectivity index (χ0v) is 64.3. The van der Waals surface area contributed by atoms with Crippen molar-refractivity contribution in [3.63, 3.8) is 0 Å². The first kappa shape index (κ1) is 87.5. The van der Waals surface area contributed by atoms with E-state index in [9.17, 15) is 57.4 Å². The number of halogens is 2. The predicted molar refractivity (Wildman–Crippen MR) is 385 cm³/mol. The zero-order chi connectivity index (χ0) is 76.8. The number of carbonyl (C=O) groups is 11. The summed E-state index contributed by atoms with van der Waals surface area (Å²) < 4.78 is 29.0. The van der Waals surface area contributed by atoms with Crippen LogP contribution in [0.1, 0.15) is 185 Å². The van der Waals surface area contributed by atoms with Crippen molar-refractivity contribution in [3.05, 3.63) is 35.9 Å². The van der Waals surface area contributed by atoms with Crippen LogP contribution in [0.25, 0.3) is 0 Å². The summed E-state index contributed by atoms with van der Waals surface area (Å²) in [5, 5.41) is 38.2. The van der Waals surface area contributed by atoms with Crippen LogP contribution in [-0.2, 0) is 59.2 Å². The first-order chi connectivity index (χ1) is 47.8. The Morgan fingerprint density at radius 3 is 1.66 bits per heavy atom. The Balaban J connectivity index is 1.97.